The van der Waals surface area contributed by atoms with Crippen LogP contribution in [0.2, 0.25) is 0 Å². The van der Waals surface area contributed by atoms with Gasteiger partial charge in [-0.25, -0.2) is 9.18 Å². The fourth-order valence-electron chi connectivity index (χ4n) is 2.51. The topological polar surface area (TPSA) is 67.9 Å². The minimum absolute atomic E-state index is 0.175. The number of anilines is 1. The molecule has 1 aliphatic heterocycles. The summed E-state index contributed by atoms with van der Waals surface area (Å²) < 4.78 is 23.2. The van der Waals surface area contributed by atoms with Gasteiger partial charge in [-0.3, -0.25) is 9.69 Å². The van der Waals surface area contributed by atoms with Crippen LogP contribution in [0.3, 0.4) is 0 Å². The SMILES string of the molecule is COc1ccc(N2CC(CNC(=O)c3ccc(F)cc3)OC2=O)cc1. The molecule has 1 N–H and O–H groups in total. The van der Waals surface area contributed by atoms with E-state index in [2.05, 4.69) is 5.32 Å². The third-order valence-corrected chi connectivity index (χ3v) is 3.85. The number of ether oxygens (including phenoxy) is 2. The molecule has 2 amide bonds. The highest BCUT2D eigenvalue weighted by molar-refractivity contribution is 5.94. The van der Waals surface area contributed by atoms with Gasteiger partial charge in [0.05, 0.1) is 20.2 Å². The van der Waals surface area contributed by atoms with Crippen LogP contribution in [0.1, 0.15) is 10.4 Å². The third-order valence-electron chi connectivity index (χ3n) is 3.85. The first-order chi connectivity index (χ1) is 12.1. The smallest absolute Gasteiger partial charge is 0.414 e. The van der Waals surface area contributed by atoms with Gasteiger partial charge in [-0.2, -0.15) is 0 Å². The Morgan fingerprint density at radius 3 is 2.56 bits per heavy atom. The number of hydrogen-bond donors (Lipinski definition) is 1. The lowest BCUT2D eigenvalue weighted by atomic mass is 10.2. The van der Waals surface area contributed by atoms with Gasteiger partial charge in [0.15, 0.2) is 0 Å². The minimum atomic E-state index is -0.466. The zero-order valence-electron chi connectivity index (χ0n) is 13.6. The van der Waals surface area contributed by atoms with Crippen LogP contribution in [-0.4, -0.2) is 38.3 Å². The summed E-state index contributed by atoms with van der Waals surface area (Å²) in [4.78, 5) is 25.5. The van der Waals surface area contributed by atoms with E-state index in [0.717, 1.165) is 0 Å². The van der Waals surface area contributed by atoms with Gasteiger partial charge in [0.2, 0.25) is 0 Å². The number of nitrogens with one attached hydrogen (secondary N) is 1. The van der Waals surface area contributed by atoms with E-state index in [0.29, 0.717) is 23.5 Å². The van der Waals surface area contributed by atoms with Crippen LogP contribution in [0.5, 0.6) is 5.75 Å². The summed E-state index contributed by atoms with van der Waals surface area (Å²) in [7, 11) is 1.57. The van der Waals surface area contributed by atoms with E-state index >= 15 is 0 Å². The predicted molar refractivity (Wildman–Crippen MR) is 89.3 cm³/mol. The maximum atomic E-state index is 12.9. The minimum Gasteiger partial charge on any atom is -0.497 e. The number of cyclic esters (lactones) is 1. The summed E-state index contributed by atoms with van der Waals surface area (Å²) in [5.41, 5.74) is 1.04. The van der Waals surface area contributed by atoms with Gasteiger partial charge in [-0.15, -0.1) is 0 Å². The molecule has 3 rings (SSSR count). The highest BCUT2D eigenvalue weighted by Gasteiger charge is 2.32. The zero-order valence-corrected chi connectivity index (χ0v) is 13.6. The summed E-state index contributed by atoms with van der Waals surface area (Å²) in [6.07, 6.45) is -0.926. The second kappa shape index (κ2) is 7.21. The van der Waals surface area contributed by atoms with Crippen molar-refractivity contribution in [2.45, 2.75) is 6.10 Å². The maximum absolute atomic E-state index is 12.9. The molecule has 6 nitrogen and oxygen atoms in total. The Morgan fingerprint density at radius 1 is 1.24 bits per heavy atom. The lowest BCUT2D eigenvalue weighted by Crippen LogP contribution is -2.34. The number of amides is 2. The maximum Gasteiger partial charge on any atom is 0.414 e. The molecule has 7 heteroatoms. The molecular formula is C18H17FN2O4. The number of rotatable bonds is 5. The van der Waals surface area contributed by atoms with Gasteiger partial charge >= 0.3 is 6.09 Å². The normalized spacial score (nSPS) is 16.5. The Balaban J connectivity index is 1.57. The third kappa shape index (κ3) is 3.88. The summed E-state index contributed by atoms with van der Waals surface area (Å²) in [6.45, 7) is 0.503. The predicted octanol–water partition coefficient (Wildman–Crippen LogP) is 2.59. The van der Waals surface area contributed by atoms with Crippen molar-refractivity contribution in [3.63, 3.8) is 0 Å². The molecule has 2 aromatic rings. The second-order valence-electron chi connectivity index (χ2n) is 5.53. The van der Waals surface area contributed by atoms with Crippen LogP contribution in [0.15, 0.2) is 48.5 Å². The average molecular weight is 344 g/mol. The summed E-state index contributed by atoms with van der Waals surface area (Å²) in [5.74, 6) is -0.0604. The van der Waals surface area contributed by atoms with E-state index in [9.17, 15) is 14.0 Å². The van der Waals surface area contributed by atoms with E-state index in [1.165, 1.54) is 29.2 Å². The average Bonchev–Trinajstić information content (AvgIpc) is 3.01. The number of benzene rings is 2. The fraction of sp³-hybridized carbons (Fsp3) is 0.222. The quantitative estimate of drug-likeness (QED) is 0.905. The van der Waals surface area contributed by atoms with Crippen molar-refractivity contribution in [1.29, 1.82) is 0 Å². The van der Waals surface area contributed by atoms with Crippen LogP contribution < -0.4 is 15.0 Å². The molecule has 0 aliphatic carbocycles. The molecule has 2 aromatic carbocycles. The monoisotopic (exact) mass is 344 g/mol. The Labute approximate surface area is 144 Å². The molecule has 1 heterocycles. The van der Waals surface area contributed by atoms with Crippen molar-refractivity contribution in [1.82, 2.24) is 5.32 Å². The molecule has 130 valence electrons. The molecule has 0 radical (unpaired) electrons. The number of nitrogens with zero attached hydrogens (tertiary/aromatic N) is 1. The molecule has 0 bridgehead atoms. The van der Waals surface area contributed by atoms with Crippen molar-refractivity contribution in [3.05, 3.63) is 59.9 Å². The zero-order chi connectivity index (χ0) is 17.8. The summed E-state index contributed by atoms with van der Waals surface area (Å²) >= 11 is 0. The lowest BCUT2D eigenvalue weighted by molar-refractivity contribution is 0.0916. The Kier molecular flexibility index (Phi) is 4.83. The van der Waals surface area contributed by atoms with Gasteiger partial charge in [0.1, 0.15) is 17.7 Å². The molecule has 25 heavy (non-hydrogen) atoms. The molecule has 0 saturated carbocycles. The Morgan fingerprint density at radius 2 is 1.92 bits per heavy atom. The van der Waals surface area contributed by atoms with Crippen molar-refractivity contribution in [3.8, 4) is 5.75 Å². The molecule has 1 atom stereocenters. The first-order valence-electron chi connectivity index (χ1n) is 7.73. The standard InChI is InChI=1S/C18H17FN2O4/c1-24-15-8-6-14(7-9-15)21-11-16(25-18(21)23)10-20-17(22)12-2-4-13(19)5-3-12/h2-9,16H,10-11H2,1H3,(H,20,22). The van der Waals surface area contributed by atoms with Gasteiger partial charge in [-0.05, 0) is 48.5 Å². The van der Waals surface area contributed by atoms with E-state index < -0.39 is 18.0 Å². The van der Waals surface area contributed by atoms with Crippen molar-refractivity contribution in [2.75, 3.05) is 25.1 Å². The van der Waals surface area contributed by atoms with Gasteiger partial charge in [0.25, 0.3) is 5.91 Å². The second-order valence-corrected chi connectivity index (χ2v) is 5.53. The summed E-state index contributed by atoms with van der Waals surface area (Å²) in [5, 5.41) is 2.69. The number of carbonyl (C=O) groups is 2. The first kappa shape index (κ1) is 16.8. The Bertz CT molecular complexity index is 762. The summed E-state index contributed by atoms with van der Waals surface area (Å²) in [6, 6.07) is 12.3. The molecule has 1 unspecified atom stereocenters. The molecule has 0 aromatic heterocycles. The van der Waals surface area contributed by atoms with Crippen LogP contribution in [0.4, 0.5) is 14.9 Å². The van der Waals surface area contributed by atoms with Gasteiger partial charge in [0, 0.05) is 11.3 Å². The highest BCUT2D eigenvalue weighted by Crippen LogP contribution is 2.24. The van der Waals surface area contributed by atoms with Crippen molar-refractivity contribution in [2.24, 2.45) is 0 Å². The number of carbonyl (C=O) groups excluding carboxylic acids is 2. The van der Waals surface area contributed by atoms with Crippen LogP contribution in [0, 0.1) is 5.82 Å². The molecule has 1 saturated heterocycles. The van der Waals surface area contributed by atoms with E-state index in [1.807, 2.05) is 0 Å². The number of methoxy groups -OCH3 is 1. The van der Waals surface area contributed by atoms with Crippen LogP contribution in [-0.2, 0) is 4.74 Å². The fourth-order valence-corrected chi connectivity index (χ4v) is 2.51. The van der Waals surface area contributed by atoms with Crippen molar-refractivity contribution < 1.29 is 23.5 Å². The first-order valence-corrected chi connectivity index (χ1v) is 7.73. The van der Waals surface area contributed by atoms with E-state index in [1.54, 1.807) is 31.4 Å². The molecular weight excluding hydrogens is 327 g/mol. The van der Waals surface area contributed by atoms with E-state index in [-0.39, 0.29) is 12.5 Å². The van der Waals surface area contributed by atoms with Crippen LogP contribution in [0.25, 0.3) is 0 Å². The lowest BCUT2D eigenvalue weighted by Gasteiger charge is -2.13. The number of hydrogen-bond acceptors (Lipinski definition) is 4. The van der Waals surface area contributed by atoms with Crippen LogP contribution >= 0.6 is 0 Å². The van der Waals surface area contributed by atoms with E-state index in [4.69, 9.17) is 9.47 Å². The molecule has 1 fully saturated rings. The largest absolute Gasteiger partial charge is 0.497 e. The van der Waals surface area contributed by atoms with Crippen molar-refractivity contribution >= 4 is 17.7 Å². The Hall–Kier alpha value is -3.09. The van der Waals surface area contributed by atoms with Gasteiger partial charge < -0.3 is 14.8 Å². The molecule has 0 spiro atoms. The number of halogens is 1. The molecule has 1 aliphatic rings. The van der Waals surface area contributed by atoms with Gasteiger partial charge in [-0.1, -0.05) is 0 Å². The highest BCUT2D eigenvalue weighted by atomic mass is 19.1.